The van der Waals surface area contributed by atoms with Gasteiger partial charge in [0.1, 0.15) is 4.99 Å². The Labute approximate surface area is 145 Å². The molecular formula is C15H12Br2N2OS. The van der Waals surface area contributed by atoms with Gasteiger partial charge in [-0.15, -0.1) is 0 Å². The lowest BCUT2D eigenvalue weighted by Gasteiger charge is -2.10. The minimum Gasteiger partial charge on any atom is -0.389 e. The van der Waals surface area contributed by atoms with Gasteiger partial charge in [0.15, 0.2) is 0 Å². The van der Waals surface area contributed by atoms with E-state index >= 15 is 0 Å². The number of aryl methyl sites for hydroxylation is 1. The predicted molar refractivity (Wildman–Crippen MR) is 96.9 cm³/mol. The van der Waals surface area contributed by atoms with Gasteiger partial charge in [-0.05, 0) is 64.8 Å². The highest BCUT2D eigenvalue weighted by Crippen LogP contribution is 2.25. The molecule has 0 saturated carbocycles. The summed E-state index contributed by atoms with van der Waals surface area (Å²) in [5.41, 5.74) is 8.59. The van der Waals surface area contributed by atoms with Gasteiger partial charge in [0.2, 0.25) is 0 Å². The maximum atomic E-state index is 12.3. The number of hydrogen-bond donors (Lipinski definition) is 2. The highest BCUT2D eigenvalue weighted by atomic mass is 79.9. The number of benzene rings is 2. The van der Waals surface area contributed by atoms with E-state index in [-0.39, 0.29) is 5.91 Å². The molecule has 3 N–H and O–H groups in total. The summed E-state index contributed by atoms with van der Waals surface area (Å²) in [6.45, 7) is 1.94. The van der Waals surface area contributed by atoms with Crippen molar-refractivity contribution in [3.05, 3.63) is 62.0 Å². The fraction of sp³-hybridized carbons (Fsp3) is 0.0667. The SMILES string of the molecule is Cc1cc(Br)cc(C(=O)Nc2ccc(C(N)=S)cc2Br)c1. The summed E-state index contributed by atoms with van der Waals surface area (Å²) >= 11 is 11.7. The van der Waals surface area contributed by atoms with Crippen molar-refractivity contribution in [3.8, 4) is 0 Å². The molecule has 0 aromatic heterocycles. The first-order valence-corrected chi connectivity index (χ1v) is 8.04. The monoisotopic (exact) mass is 426 g/mol. The van der Waals surface area contributed by atoms with Gasteiger partial charge in [0, 0.05) is 20.1 Å². The Morgan fingerprint density at radius 1 is 1.14 bits per heavy atom. The Morgan fingerprint density at radius 2 is 1.86 bits per heavy atom. The first-order valence-electron chi connectivity index (χ1n) is 6.04. The van der Waals surface area contributed by atoms with Gasteiger partial charge in [-0.25, -0.2) is 0 Å². The van der Waals surface area contributed by atoms with Crippen LogP contribution in [-0.4, -0.2) is 10.9 Å². The van der Waals surface area contributed by atoms with Crippen LogP contribution in [0.1, 0.15) is 21.5 Å². The minimum absolute atomic E-state index is 0.178. The molecule has 2 rings (SSSR count). The summed E-state index contributed by atoms with van der Waals surface area (Å²) in [5, 5.41) is 2.86. The molecule has 0 heterocycles. The van der Waals surface area contributed by atoms with Crippen LogP contribution >= 0.6 is 44.1 Å². The molecule has 0 aliphatic rings. The van der Waals surface area contributed by atoms with E-state index in [4.69, 9.17) is 18.0 Å². The van der Waals surface area contributed by atoms with Crippen LogP contribution in [0.2, 0.25) is 0 Å². The van der Waals surface area contributed by atoms with E-state index in [0.717, 1.165) is 20.1 Å². The molecule has 3 nitrogen and oxygen atoms in total. The molecule has 0 bridgehead atoms. The second-order valence-electron chi connectivity index (χ2n) is 4.53. The van der Waals surface area contributed by atoms with E-state index in [1.165, 1.54) is 0 Å². The third-order valence-electron chi connectivity index (χ3n) is 2.81. The van der Waals surface area contributed by atoms with Crippen molar-refractivity contribution < 1.29 is 4.79 Å². The van der Waals surface area contributed by atoms with Crippen molar-refractivity contribution in [2.24, 2.45) is 5.73 Å². The summed E-state index contributed by atoms with van der Waals surface area (Å²) in [6, 6.07) is 10.9. The summed E-state index contributed by atoms with van der Waals surface area (Å²) in [6.07, 6.45) is 0. The Hall–Kier alpha value is -1.24. The van der Waals surface area contributed by atoms with E-state index in [9.17, 15) is 4.79 Å². The molecule has 108 valence electrons. The zero-order valence-electron chi connectivity index (χ0n) is 11.1. The lowest BCUT2D eigenvalue weighted by atomic mass is 10.1. The van der Waals surface area contributed by atoms with Crippen LogP contribution < -0.4 is 11.1 Å². The van der Waals surface area contributed by atoms with E-state index < -0.39 is 0 Å². The second kappa shape index (κ2) is 6.68. The van der Waals surface area contributed by atoms with Crippen molar-refractivity contribution >= 4 is 60.7 Å². The first kappa shape index (κ1) is 16.1. The smallest absolute Gasteiger partial charge is 0.255 e. The van der Waals surface area contributed by atoms with Crippen LogP contribution in [0.3, 0.4) is 0 Å². The van der Waals surface area contributed by atoms with Gasteiger partial charge in [-0.2, -0.15) is 0 Å². The molecule has 0 aliphatic heterocycles. The molecule has 6 heteroatoms. The Morgan fingerprint density at radius 3 is 2.43 bits per heavy atom. The van der Waals surface area contributed by atoms with Crippen molar-refractivity contribution in [1.29, 1.82) is 0 Å². The topological polar surface area (TPSA) is 55.1 Å². The van der Waals surface area contributed by atoms with Crippen LogP contribution in [0, 0.1) is 6.92 Å². The molecule has 0 spiro atoms. The molecule has 0 fully saturated rings. The molecule has 2 aromatic rings. The quantitative estimate of drug-likeness (QED) is 0.713. The van der Waals surface area contributed by atoms with Crippen LogP contribution in [0.4, 0.5) is 5.69 Å². The number of rotatable bonds is 3. The summed E-state index contributed by atoms with van der Waals surface area (Å²) in [7, 11) is 0. The lowest BCUT2D eigenvalue weighted by molar-refractivity contribution is 0.102. The van der Waals surface area contributed by atoms with Gasteiger partial charge < -0.3 is 11.1 Å². The van der Waals surface area contributed by atoms with Crippen LogP contribution in [0.25, 0.3) is 0 Å². The molecule has 2 aromatic carbocycles. The van der Waals surface area contributed by atoms with Crippen molar-refractivity contribution in [1.82, 2.24) is 0 Å². The number of nitrogens with one attached hydrogen (secondary N) is 1. The van der Waals surface area contributed by atoms with Gasteiger partial charge in [0.05, 0.1) is 5.69 Å². The van der Waals surface area contributed by atoms with Crippen molar-refractivity contribution in [2.75, 3.05) is 5.32 Å². The largest absolute Gasteiger partial charge is 0.389 e. The zero-order chi connectivity index (χ0) is 15.6. The Kier molecular flexibility index (Phi) is 5.13. The number of carbonyl (C=O) groups excluding carboxylic acids is 1. The fourth-order valence-corrected chi connectivity index (χ4v) is 3.04. The lowest BCUT2D eigenvalue weighted by Crippen LogP contribution is -2.14. The number of thiocarbonyl (C=S) groups is 1. The highest BCUT2D eigenvalue weighted by molar-refractivity contribution is 9.10. The number of nitrogens with two attached hydrogens (primary N) is 1. The summed E-state index contributed by atoms with van der Waals surface area (Å²) in [4.78, 5) is 12.6. The van der Waals surface area contributed by atoms with Gasteiger partial charge in [-0.3, -0.25) is 4.79 Å². The molecule has 0 aliphatic carbocycles. The Balaban J connectivity index is 2.25. The molecule has 21 heavy (non-hydrogen) atoms. The maximum absolute atomic E-state index is 12.3. The van der Waals surface area contributed by atoms with Crippen LogP contribution in [0.5, 0.6) is 0 Å². The maximum Gasteiger partial charge on any atom is 0.255 e. The van der Waals surface area contributed by atoms with Crippen molar-refractivity contribution in [3.63, 3.8) is 0 Å². The Bertz CT molecular complexity index is 711. The van der Waals surface area contributed by atoms with Gasteiger partial charge in [-0.1, -0.05) is 28.1 Å². The second-order valence-corrected chi connectivity index (χ2v) is 6.74. The van der Waals surface area contributed by atoms with Gasteiger partial charge >= 0.3 is 0 Å². The average molecular weight is 428 g/mol. The predicted octanol–water partition coefficient (Wildman–Crippen LogP) is 4.41. The summed E-state index contributed by atoms with van der Waals surface area (Å²) < 4.78 is 1.60. The highest BCUT2D eigenvalue weighted by Gasteiger charge is 2.10. The number of amides is 1. The molecule has 0 radical (unpaired) electrons. The summed E-state index contributed by atoms with van der Waals surface area (Å²) in [5.74, 6) is -0.178. The van der Waals surface area contributed by atoms with Crippen LogP contribution in [0.15, 0.2) is 45.3 Å². The van der Waals surface area contributed by atoms with E-state index in [2.05, 4.69) is 37.2 Å². The molecular weight excluding hydrogens is 416 g/mol. The molecule has 0 saturated heterocycles. The first-order chi connectivity index (χ1) is 9.86. The zero-order valence-corrected chi connectivity index (χ0v) is 15.1. The third-order valence-corrected chi connectivity index (χ3v) is 4.16. The van der Waals surface area contributed by atoms with E-state index in [1.807, 2.05) is 19.1 Å². The number of carbonyl (C=O) groups is 1. The molecule has 0 atom stereocenters. The molecule has 0 unspecified atom stereocenters. The van der Waals surface area contributed by atoms with E-state index in [0.29, 0.717) is 16.2 Å². The fourth-order valence-electron chi connectivity index (χ4n) is 1.83. The molecule has 1 amide bonds. The van der Waals surface area contributed by atoms with E-state index in [1.54, 1.807) is 24.3 Å². The number of hydrogen-bond acceptors (Lipinski definition) is 2. The normalized spacial score (nSPS) is 10.2. The standard InChI is InChI=1S/C15H12Br2N2OS/c1-8-4-10(6-11(16)5-8)15(20)19-13-3-2-9(14(18)21)7-12(13)17/h2-7H,1H3,(H2,18,21)(H,19,20). The number of halogens is 2. The van der Waals surface area contributed by atoms with Crippen molar-refractivity contribution in [2.45, 2.75) is 6.92 Å². The van der Waals surface area contributed by atoms with Crippen LogP contribution in [-0.2, 0) is 0 Å². The minimum atomic E-state index is -0.178. The number of anilines is 1. The average Bonchev–Trinajstić information content (AvgIpc) is 2.39. The van der Waals surface area contributed by atoms with Gasteiger partial charge in [0.25, 0.3) is 5.91 Å². The third kappa shape index (κ3) is 4.12.